The lowest BCUT2D eigenvalue weighted by atomic mass is 10.2. The third kappa shape index (κ3) is 12.3. The number of rotatable bonds is 10. The summed E-state index contributed by atoms with van der Waals surface area (Å²) in [4.78, 5) is 51.5. The predicted molar refractivity (Wildman–Crippen MR) is 106 cm³/mol. The molecule has 1 fully saturated rings. The van der Waals surface area contributed by atoms with Crippen LogP contribution in [0.4, 0.5) is 0 Å². The fourth-order valence-electron chi connectivity index (χ4n) is 3.30. The Hall–Kier alpha value is -2.28. The smallest absolute Gasteiger partial charge is 0.317 e. The van der Waals surface area contributed by atoms with Gasteiger partial charge in [-0.05, 0) is 13.0 Å². The summed E-state index contributed by atoms with van der Waals surface area (Å²) in [5, 5.41) is 36.3. The van der Waals surface area contributed by atoms with Crippen molar-refractivity contribution in [3.8, 4) is 0 Å². The number of nitrogens with zero attached hydrogens (tertiary/aromatic N) is 4. The lowest BCUT2D eigenvalue weighted by molar-refractivity contribution is -0.140. The molecule has 1 rings (SSSR count). The van der Waals surface area contributed by atoms with Gasteiger partial charge in [0, 0.05) is 58.8 Å². The summed E-state index contributed by atoms with van der Waals surface area (Å²) >= 11 is 0. The summed E-state index contributed by atoms with van der Waals surface area (Å²) < 4.78 is 0. The molecule has 0 amide bonds. The summed E-state index contributed by atoms with van der Waals surface area (Å²) in [6.07, 6.45) is 0.470. The van der Waals surface area contributed by atoms with Crippen molar-refractivity contribution in [1.82, 2.24) is 19.6 Å². The van der Waals surface area contributed by atoms with E-state index in [2.05, 4.69) is 0 Å². The SMILES string of the molecule is O=C(O)CCCN1CCN(CC(=O)O)CCN(CC(=O)O)CCN(CC(=O)O)CC1. The van der Waals surface area contributed by atoms with Gasteiger partial charge in [-0.1, -0.05) is 0 Å². The fraction of sp³-hybridized carbons (Fsp3) is 0.778. The second kappa shape index (κ2) is 13.9. The van der Waals surface area contributed by atoms with E-state index in [0.29, 0.717) is 65.3 Å². The largest absolute Gasteiger partial charge is 0.481 e. The molecular formula is C18H32N4O8. The van der Waals surface area contributed by atoms with Crippen LogP contribution in [0.15, 0.2) is 0 Å². The molecule has 1 aliphatic heterocycles. The highest BCUT2D eigenvalue weighted by atomic mass is 16.4. The van der Waals surface area contributed by atoms with Crippen LogP contribution < -0.4 is 0 Å². The lowest BCUT2D eigenvalue weighted by Crippen LogP contribution is -2.48. The van der Waals surface area contributed by atoms with Crippen molar-refractivity contribution < 1.29 is 39.6 Å². The number of carbonyl (C=O) groups is 4. The fourth-order valence-corrected chi connectivity index (χ4v) is 3.30. The maximum absolute atomic E-state index is 11.2. The normalized spacial score (nSPS) is 18.9. The number of aliphatic carboxylic acids is 4. The predicted octanol–water partition coefficient (Wildman–Crippen LogP) is -1.67. The van der Waals surface area contributed by atoms with Crippen LogP contribution in [0.1, 0.15) is 12.8 Å². The molecule has 0 atom stereocenters. The molecule has 30 heavy (non-hydrogen) atoms. The topological polar surface area (TPSA) is 162 Å². The van der Waals surface area contributed by atoms with E-state index in [0.717, 1.165) is 0 Å². The average Bonchev–Trinajstić information content (AvgIpc) is 2.62. The van der Waals surface area contributed by atoms with Crippen molar-refractivity contribution in [2.24, 2.45) is 0 Å². The quantitative estimate of drug-likeness (QED) is 0.311. The van der Waals surface area contributed by atoms with Crippen molar-refractivity contribution >= 4 is 23.9 Å². The molecule has 0 bridgehead atoms. The molecule has 0 saturated carbocycles. The van der Waals surface area contributed by atoms with Crippen LogP contribution >= 0.6 is 0 Å². The van der Waals surface area contributed by atoms with Gasteiger partial charge in [0.05, 0.1) is 19.6 Å². The summed E-state index contributed by atoms with van der Waals surface area (Å²) in [5.41, 5.74) is 0. The van der Waals surface area contributed by atoms with E-state index in [1.54, 1.807) is 14.7 Å². The van der Waals surface area contributed by atoms with Gasteiger partial charge < -0.3 is 25.3 Å². The standard InChI is InChI=1S/C18H32N4O8/c23-15(24)2-1-3-19-4-6-20(12-16(25)26)8-10-22(14-18(29)30)11-9-21(7-5-19)13-17(27)28/h1-14H2,(H,23,24)(H,25,26)(H,27,28)(H,29,30). The zero-order chi connectivity index (χ0) is 22.5. The third-order valence-corrected chi connectivity index (χ3v) is 4.87. The molecule has 4 N–H and O–H groups in total. The van der Waals surface area contributed by atoms with Gasteiger partial charge in [-0.25, -0.2) is 0 Å². The zero-order valence-electron chi connectivity index (χ0n) is 17.1. The van der Waals surface area contributed by atoms with E-state index in [1.807, 2.05) is 4.90 Å². The van der Waals surface area contributed by atoms with Crippen LogP contribution in [0.3, 0.4) is 0 Å². The van der Waals surface area contributed by atoms with Gasteiger partial charge >= 0.3 is 23.9 Å². The highest BCUT2D eigenvalue weighted by Crippen LogP contribution is 2.03. The minimum atomic E-state index is -0.999. The highest BCUT2D eigenvalue weighted by Gasteiger charge is 2.20. The Morgan fingerprint density at radius 2 is 0.800 bits per heavy atom. The molecule has 1 saturated heterocycles. The Bertz CT molecular complexity index is 557. The van der Waals surface area contributed by atoms with E-state index in [4.69, 9.17) is 20.4 Å². The zero-order valence-corrected chi connectivity index (χ0v) is 17.1. The van der Waals surface area contributed by atoms with Crippen molar-refractivity contribution in [1.29, 1.82) is 0 Å². The third-order valence-electron chi connectivity index (χ3n) is 4.87. The molecule has 172 valence electrons. The number of carboxylic acid groups (broad SMARTS) is 4. The van der Waals surface area contributed by atoms with Crippen molar-refractivity contribution in [2.45, 2.75) is 12.8 Å². The summed E-state index contributed by atoms with van der Waals surface area (Å²) in [7, 11) is 0. The first kappa shape index (κ1) is 25.8. The van der Waals surface area contributed by atoms with E-state index >= 15 is 0 Å². The molecule has 0 aromatic carbocycles. The van der Waals surface area contributed by atoms with Gasteiger partial charge in [-0.2, -0.15) is 0 Å². The second-order valence-corrected chi connectivity index (χ2v) is 7.35. The molecule has 0 aromatic rings. The van der Waals surface area contributed by atoms with E-state index in [1.165, 1.54) is 0 Å². The Kier molecular flexibility index (Phi) is 11.9. The van der Waals surface area contributed by atoms with Crippen LogP contribution in [0.2, 0.25) is 0 Å². The maximum Gasteiger partial charge on any atom is 0.317 e. The lowest BCUT2D eigenvalue weighted by Gasteiger charge is -2.33. The van der Waals surface area contributed by atoms with Gasteiger partial charge in [-0.15, -0.1) is 0 Å². The molecule has 1 aliphatic rings. The van der Waals surface area contributed by atoms with E-state index in [9.17, 15) is 19.2 Å². The molecule has 0 radical (unpaired) electrons. The van der Waals surface area contributed by atoms with Gasteiger partial charge in [0.25, 0.3) is 0 Å². The van der Waals surface area contributed by atoms with Crippen LogP contribution in [-0.2, 0) is 19.2 Å². The number of hydrogen-bond acceptors (Lipinski definition) is 8. The molecule has 1 heterocycles. The number of hydrogen-bond donors (Lipinski definition) is 4. The minimum Gasteiger partial charge on any atom is -0.481 e. The van der Waals surface area contributed by atoms with Crippen molar-refractivity contribution in [3.63, 3.8) is 0 Å². The monoisotopic (exact) mass is 432 g/mol. The first-order chi connectivity index (χ1) is 14.2. The van der Waals surface area contributed by atoms with Crippen LogP contribution in [-0.4, -0.2) is 142 Å². The summed E-state index contributed by atoms with van der Waals surface area (Å²) in [6, 6.07) is 0. The number of carboxylic acids is 4. The maximum atomic E-state index is 11.2. The van der Waals surface area contributed by atoms with Gasteiger partial charge in [-0.3, -0.25) is 33.9 Å². The van der Waals surface area contributed by atoms with E-state index in [-0.39, 0.29) is 26.1 Å². The molecule has 12 nitrogen and oxygen atoms in total. The van der Waals surface area contributed by atoms with Crippen LogP contribution in [0.25, 0.3) is 0 Å². The van der Waals surface area contributed by atoms with Gasteiger partial charge in [0.15, 0.2) is 0 Å². The molecule has 0 unspecified atom stereocenters. The Labute approximate surface area is 175 Å². The molecule has 12 heteroatoms. The molecular weight excluding hydrogens is 400 g/mol. The molecule has 0 spiro atoms. The average molecular weight is 432 g/mol. The first-order valence-corrected chi connectivity index (χ1v) is 9.92. The Balaban J connectivity index is 2.87. The first-order valence-electron chi connectivity index (χ1n) is 9.92. The van der Waals surface area contributed by atoms with Crippen molar-refractivity contribution in [3.05, 3.63) is 0 Å². The molecule has 0 aromatic heterocycles. The second-order valence-electron chi connectivity index (χ2n) is 7.35. The Morgan fingerprint density at radius 3 is 1.07 bits per heavy atom. The summed E-state index contributed by atoms with van der Waals surface area (Å²) in [5.74, 6) is -3.84. The van der Waals surface area contributed by atoms with E-state index < -0.39 is 23.9 Å². The minimum absolute atomic E-state index is 0.0261. The van der Waals surface area contributed by atoms with Crippen LogP contribution in [0, 0.1) is 0 Å². The van der Waals surface area contributed by atoms with Gasteiger partial charge in [0.2, 0.25) is 0 Å². The van der Waals surface area contributed by atoms with Crippen molar-refractivity contribution in [2.75, 3.05) is 78.5 Å². The highest BCUT2D eigenvalue weighted by molar-refractivity contribution is 5.70. The van der Waals surface area contributed by atoms with Gasteiger partial charge in [0.1, 0.15) is 0 Å². The Morgan fingerprint density at radius 1 is 0.500 bits per heavy atom. The van der Waals surface area contributed by atoms with Crippen LogP contribution in [0.5, 0.6) is 0 Å². The summed E-state index contributed by atoms with van der Waals surface area (Å²) in [6.45, 7) is 3.26. The molecule has 0 aliphatic carbocycles.